The van der Waals surface area contributed by atoms with Gasteiger partial charge in [-0.1, -0.05) is 25.4 Å². The van der Waals surface area contributed by atoms with Crippen LogP contribution in [-0.2, 0) is 9.47 Å². The molecule has 3 unspecified atom stereocenters. The van der Waals surface area contributed by atoms with Crippen molar-refractivity contribution in [3.63, 3.8) is 0 Å². The Morgan fingerprint density at radius 1 is 1.35 bits per heavy atom. The molecule has 1 aliphatic rings. The fraction of sp³-hybridized carbons (Fsp3) is 0.857. The molecule has 0 bridgehead atoms. The summed E-state index contributed by atoms with van der Waals surface area (Å²) in [5, 5.41) is 7.50. The zero-order chi connectivity index (χ0) is 14.4. The van der Waals surface area contributed by atoms with E-state index in [1.165, 1.54) is 0 Å². The molecule has 1 N–H and O–H groups in total. The van der Waals surface area contributed by atoms with Crippen LogP contribution < -0.4 is 5.32 Å². The predicted octanol–water partition coefficient (Wildman–Crippen LogP) is 2.04. The highest BCUT2D eigenvalue weighted by atomic mass is 16.5. The highest BCUT2D eigenvalue weighted by molar-refractivity contribution is 5.03. The molecule has 20 heavy (non-hydrogen) atoms. The Labute approximate surface area is 120 Å². The van der Waals surface area contributed by atoms with Crippen LogP contribution >= 0.6 is 0 Å². The van der Waals surface area contributed by atoms with Gasteiger partial charge in [-0.3, -0.25) is 0 Å². The normalized spacial score (nSPS) is 24.1. The van der Waals surface area contributed by atoms with Gasteiger partial charge in [0.25, 0.3) is 0 Å². The van der Waals surface area contributed by atoms with Crippen molar-refractivity contribution < 1.29 is 14.0 Å². The Morgan fingerprint density at radius 2 is 2.20 bits per heavy atom. The van der Waals surface area contributed by atoms with Crippen LogP contribution in [0.4, 0.5) is 0 Å². The fourth-order valence-corrected chi connectivity index (χ4v) is 2.54. The fourth-order valence-electron chi connectivity index (χ4n) is 2.54. The van der Waals surface area contributed by atoms with Gasteiger partial charge in [0.15, 0.2) is 0 Å². The van der Waals surface area contributed by atoms with Gasteiger partial charge in [0.1, 0.15) is 6.10 Å². The summed E-state index contributed by atoms with van der Waals surface area (Å²) in [6.07, 6.45) is 1.87. The van der Waals surface area contributed by atoms with E-state index < -0.39 is 0 Å². The Hall–Kier alpha value is -0.980. The Balaban J connectivity index is 2.06. The highest BCUT2D eigenvalue weighted by Gasteiger charge is 2.34. The molecule has 1 fully saturated rings. The molecule has 0 saturated carbocycles. The molecule has 2 heterocycles. The van der Waals surface area contributed by atoms with E-state index in [1.54, 1.807) is 0 Å². The molecule has 6 nitrogen and oxygen atoms in total. The van der Waals surface area contributed by atoms with Crippen LogP contribution in [0, 0.1) is 0 Å². The van der Waals surface area contributed by atoms with Crippen molar-refractivity contribution in [3.8, 4) is 0 Å². The van der Waals surface area contributed by atoms with Crippen molar-refractivity contribution in [1.29, 1.82) is 0 Å². The zero-order valence-corrected chi connectivity index (χ0v) is 12.6. The summed E-state index contributed by atoms with van der Waals surface area (Å²) in [5.74, 6) is 1.45. The summed E-state index contributed by atoms with van der Waals surface area (Å²) in [5.41, 5.74) is 0. The van der Waals surface area contributed by atoms with Gasteiger partial charge in [0, 0.05) is 12.6 Å². The summed E-state index contributed by atoms with van der Waals surface area (Å²) < 4.78 is 16.6. The minimum Gasteiger partial charge on any atom is -0.379 e. The summed E-state index contributed by atoms with van der Waals surface area (Å²) in [6.45, 7) is 9.08. The topological polar surface area (TPSA) is 69.4 Å². The van der Waals surface area contributed by atoms with Gasteiger partial charge >= 0.3 is 0 Å². The number of rotatable bonds is 8. The van der Waals surface area contributed by atoms with E-state index in [4.69, 9.17) is 14.0 Å². The van der Waals surface area contributed by atoms with E-state index >= 15 is 0 Å². The number of hydrogen-bond donors (Lipinski definition) is 1. The maximum absolute atomic E-state index is 5.69. The van der Waals surface area contributed by atoms with E-state index in [9.17, 15) is 0 Å². The zero-order valence-electron chi connectivity index (χ0n) is 12.6. The molecule has 114 valence electrons. The van der Waals surface area contributed by atoms with E-state index in [0.29, 0.717) is 31.5 Å². The largest absolute Gasteiger partial charge is 0.379 e. The first-order valence-corrected chi connectivity index (χ1v) is 7.56. The van der Waals surface area contributed by atoms with Gasteiger partial charge in [0.05, 0.1) is 19.1 Å². The van der Waals surface area contributed by atoms with Crippen LogP contribution in [0.25, 0.3) is 0 Å². The average molecular weight is 283 g/mol. The summed E-state index contributed by atoms with van der Waals surface area (Å²) in [4.78, 5) is 4.54. The molecular weight excluding hydrogens is 258 g/mol. The van der Waals surface area contributed by atoms with Gasteiger partial charge in [-0.25, -0.2) is 0 Å². The summed E-state index contributed by atoms with van der Waals surface area (Å²) in [6, 6.07) is 0.255. The first-order valence-electron chi connectivity index (χ1n) is 7.56. The number of nitrogens with zero attached hydrogens (tertiary/aromatic N) is 2. The van der Waals surface area contributed by atoms with Crippen molar-refractivity contribution in [1.82, 2.24) is 15.5 Å². The molecule has 1 aromatic heterocycles. The van der Waals surface area contributed by atoms with Gasteiger partial charge in [-0.15, -0.1) is 0 Å². The molecule has 3 atom stereocenters. The predicted molar refractivity (Wildman–Crippen MR) is 74.6 cm³/mol. The standard InChI is InChI=1S/C14H25N3O3/c1-4-7-12(19-6-3)13-16-14(20-17-13)10-8-18-9-11(10)15-5-2/h10-12,15H,4-9H2,1-3H3. The minimum atomic E-state index is -0.0672. The number of ether oxygens (including phenoxy) is 2. The molecular formula is C14H25N3O3. The van der Waals surface area contributed by atoms with Crippen molar-refractivity contribution in [2.45, 2.75) is 51.7 Å². The van der Waals surface area contributed by atoms with E-state index in [2.05, 4.69) is 29.3 Å². The lowest BCUT2D eigenvalue weighted by molar-refractivity contribution is 0.0477. The molecule has 1 aromatic rings. The number of nitrogens with one attached hydrogen (secondary N) is 1. The van der Waals surface area contributed by atoms with Crippen LogP contribution in [0.3, 0.4) is 0 Å². The third-order valence-electron chi connectivity index (χ3n) is 3.53. The van der Waals surface area contributed by atoms with E-state index in [-0.39, 0.29) is 18.1 Å². The second-order valence-corrected chi connectivity index (χ2v) is 5.03. The second kappa shape index (κ2) is 7.71. The van der Waals surface area contributed by atoms with Gasteiger partial charge in [-0.05, 0) is 19.9 Å². The SMILES string of the molecule is CCCC(OCC)c1noc(C2COCC2NCC)n1. The lowest BCUT2D eigenvalue weighted by Gasteiger charge is -2.14. The first-order chi connectivity index (χ1) is 9.80. The minimum absolute atomic E-state index is 0.0672. The second-order valence-electron chi connectivity index (χ2n) is 5.03. The van der Waals surface area contributed by atoms with Crippen molar-refractivity contribution in [3.05, 3.63) is 11.7 Å². The average Bonchev–Trinajstić information content (AvgIpc) is 3.07. The van der Waals surface area contributed by atoms with Crippen molar-refractivity contribution in [2.75, 3.05) is 26.4 Å². The first kappa shape index (κ1) is 15.4. The Morgan fingerprint density at radius 3 is 2.90 bits per heavy atom. The molecule has 0 aromatic carbocycles. The smallest absolute Gasteiger partial charge is 0.233 e. The maximum Gasteiger partial charge on any atom is 0.233 e. The van der Waals surface area contributed by atoms with E-state index in [1.807, 2.05) is 6.92 Å². The van der Waals surface area contributed by atoms with Gasteiger partial charge in [0.2, 0.25) is 11.7 Å². The molecule has 0 aliphatic carbocycles. The van der Waals surface area contributed by atoms with E-state index in [0.717, 1.165) is 19.4 Å². The molecule has 6 heteroatoms. The quantitative estimate of drug-likeness (QED) is 0.787. The number of hydrogen-bond acceptors (Lipinski definition) is 6. The van der Waals surface area contributed by atoms with Gasteiger partial charge in [-0.2, -0.15) is 4.98 Å². The summed E-state index contributed by atoms with van der Waals surface area (Å²) >= 11 is 0. The van der Waals surface area contributed by atoms with Crippen LogP contribution in [0.2, 0.25) is 0 Å². The van der Waals surface area contributed by atoms with Crippen LogP contribution in [0.15, 0.2) is 4.52 Å². The van der Waals surface area contributed by atoms with Gasteiger partial charge < -0.3 is 19.3 Å². The Kier molecular flexibility index (Phi) is 5.94. The number of likely N-dealkylation sites (N-methyl/N-ethyl adjacent to an activating group) is 1. The molecule has 1 saturated heterocycles. The van der Waals surface area contributed by atoms with Crippen LogP contribution in [0.5, 0.6) is 0 Å². The molecule has 0 spiro atoms. The lowest BCUT2D eigenvalue weighted by atomic mass is 10.0. The molecule has 0 amide bonds. The van der Waals surface area contributed by atoms with Crippen LogP contribution in [-0.4, -0.2) is 42.5 Å². The highest BCUT2D eigenvalue weighted by Crippen LogP contribution is 2.27. The molecule has 1 aliphatic heterocycles. The Bertz CT molecular complexity index is 391. The molecule has 0 radical (unpaired) electrons. The van der Waals surface area contributed by atoms with Crippen molar-refractivity contribution in [2.24, 2.45) is 0 Å². The summed E-state index contributed by atoms with van der Waals surface area (Å²) in [7, 11) is 0. The van der Waals surface area contributed by atoms with Crippen molar-refractivity contribution >= 4 is 0 Å². The third kappa shape index (κ3) is 3.56. The third-order valence-corrected chi connectivity index (χ3v) is 3.53. The maximum atomic E-state index is 5.69. The lowest BCUT2D eigenvalue weighted by Crippen LogP contribution is -2.34. The number of aromatic nitrogens is 2. The monoisotopic (exact) mass is 283 g/mol. The molecule has 2 rings (SSSR count). The van der Waals surface area contributed by atoms with Crippen LogP contribution in [0.1, 0.15) is 57.3 Å².